The number of hydrogen-bond donors (Lipinski definition) is 2. The minimum absolute atomic E-state index is 0.0572. The molecule has 0 saturated carbocycles. The first-order valence-electron chi connectivity index (χ1n) is 6.88. The molecule has 21 heavy (non-hydrogen) atoms. The predicted molar refractivity (Wildman–Crippen MR) is 91.0 cm³/mol. The van der Waals surface area contributed by atoms with Crippen LogP contribution in [0, 0.1) is 18.8 Å². The second kappa shape index (κ2) is 8.38. The number of amides is 1. The van der Waals surface area contributed by atoms with E-state index in [0.717, 1.165) is 22.6 Å². The number of carbonyl (C=O) groups excluding carboxylic acids is 1. The smallest absolute Gasteiger partial charge is 0.251 e. The average molecular weight is 321 g/mol. The number of aliphatic hydroxyl groups excluding tert-OH is 1. The van der Waals surface area contributed by atoms with Crippen molar-refractivity contribution in [2.24, 2.45) is 0 Å². The van der Waals surface area contributed by atoms with Gasteiger partial charge in [0.1, 0.15) is 6.61 Å². The Balaban J connectivity index is 1.98. The maximum Gasteiger partial charge on any atom is 0.251 e. The third kappa shape index (κ3) is 4.99. The van der Waals surface area contributed by atoms with Crippen molar-refractivity contribution < 1.29 is 9.90 Å². The van der Waals surface area contributed by atoms with Crippen LogP contribution < -0.4 is 5.32 Å². The number of nitrogens with one attached hydrogen (secondary N) is 1. The fraction of sp³-hybridized carbons (Fsp3) is 0.438. The maximum atomic E-state index is 12.2. The molecule has 112 valence electrons. The van der Waals surface area contributed by atoms with Crippen molar-refractivity contribution in [1.29, 1.82) is 0 Å². The lowest BCUT2D eigenvalue weighted by atomic mass is 10.0. The summed E-state index contributed by atoms with van der Waals surface area (Å²) in [7, 11) is 0. The zero-order valence-electron chi connectivity index (χ0n) is 12.0. The Hall–Kier alpha value is -1.09. The van der Waals surface area contributed by atoms with Crippen LogP contribution in [-0.4, -0.2) is 46.7 Å². The Labute approximate surface area is 134 Å². The lowest BCUT2D eigenvalue weighted by Crippen LogP contribution is -2.33. The molecule has 0 spiro atoms. The number of rotatable bonds is 3. The van der Waals surface area contributed by atoms with Crippen LogP contribution in [0.2, 0.25) is 0 Å². The lowest BCUT2D eigenvalue weighted by Gasteiger charge is -2.21. The first-order chi connectivity index (χ1) is 10.2. The van der Waals surface area contributed by atoms with E-state index < -0.39 is 0 Å². The summed E-state index contributed by atoms with van der Waals surface area (Å²) in [6.07, 6.45) is 0. The van der Waals surface area contributed by atoms with Gasteiger partial charge < -0.3 is 10.4 Å². The Morgan fingerprint density at radius 1 is 1.48 bits per heavy atom. The number of benzene rings is 1. The monoisotopic (exact) mass is 321 g/mol. The van der Waals surface area contributed by atoms with Crippen molar-refractivity contribution in [3.8, 4) is 11.8 Å². The van der Waals surface area contributed by atoms with E-state index >= 15 is 0 Å². The molecule has 1 aromatic rings. The molecule has 3 nitrogen and oxygen atoms in total. The van der Waals surface area contributed by atoms with Gasteiger partial charge in [0, 0.05) is 40.2 Å². The molecule has 1 saturated heterocycles. The van der Waals surface area contributed by atoms with Gasteiger partial charge in [0.2, 0.25) is 0 Å². The molecular weight excluding hydrogens is 302 g/mol. The number of aliphatic hydroxyl groups is 1. The molecule has 2 N–H and O–H groups in total. The second-order valence-corrected chi connectivity index (χ2v) is 7.33. The van der Waals surface area contributed by atoms with Gasteiger partial charge in [-0.15, -0.1) is 0 Å². The van der Waals surface area contributed by atoms with Crippen molar-refractivity contribution in [2.45, 2.75) is 12.2 Å². The summed E-state index contributed by atoms with van der Waals surface area (Å²) in [6, 6.07) is 5.50. The largest absolute Gasteiger partial charge is 0.384 e. The Morgan fingerprint density at radius 2 is 2.33 bits per heavy atom. The fourth-order valence-electron chi connectivity index (χ4n) is 2.00. The molecule has 0 bridgehead atoms. The SMILES string of the molecule is Cc1ccc(C(=O)NCC2CSCCS2)cc1C#CCO. The van der Waals surface area contributed by atoms with E-state index in [9.17, 15) is 4.79 Å². The highest BCUT2D eigenvalue weighted by Gasteiger charge is 2.15. The third-order valence-electron chi connectivity index (χ3n) is 3.18. The molecule has 1 aromatic carbocycles. The summed E-state index contributed by atoms with van der Waals surface area (Å²) in [6.45, 7) is 2.48. The highest BCUT2D eigenvalue weighted by atomic mass is 32.2. The third-order valence-corrected chi connectivity index (χ3v) is 6.02. The predicted octanol–water partition coefficient (Wildman–Crippen LogP) is 1.92. The van der Waals surface area contributed by atoms with Crippen LogP contribution in [0.4, 0.5) is 0 Å². The van der Waals surface area contributed by atoms with Gasteiger partial charge >= 0.3 is 0 Å². The Morgan fingerprint density at radius 3 is 3.05 bits per heavy atom. The van der Waals surface area contributed by atoms with E-state index in [-0.39, 0.29) is 12.5 Å². The number of thioether (sulfide) groups is 2. The highest BCUT2D eigenvalue weighted by Crippen LogP contribution is 2.23. The van der Waals surface area contributed by atoms with Crippen molar-refractivity contribution in [1.82, 2.24) is 5.32 Å². The summed E-state index contributed by atoms with van der Waals surface area (Å²) in [5.41, 5.74) is 2.42. The van der Waals surface area contributed by atoms with Crippen molar-refractivity contribution >= 4 is 29.4 Å². The number of aryl methyl sites for hydroxylation is 1. The van der Waals surface area contributed by atoms with Crippen molar-refractivity contribution in [2.75, 3.05) is 30.4 Å². The zero-order valence-corrected chi connectivity index (χ0v) is 13.6. The summed E-state index contributed by atoms with van der Waals surface area (Å²) in [4.78, 5) is 12.2. The van der Waals surface area contributed by atoms with Gasteiger partial charge in [-0.05, 0) is 24.6 Å². The van der Waals surface area contributed by atoms with E-state index in [0.29, 0.717) is 17.4 Å². The minimum atomic E-state index is -0.174. The molecule has 1 aliphatic heterocycles. The van der Waals surface area contributed by atoms with Crippen LogP contribution in [-0.2, 0) is 0 Å². The van der Waals surface area contributed by atoms with Gasteiger partial charge in [-0.2, -0.15) is 23.5 Å². The summed E-state index contributed by atoms with van der Waals surface area (Å²) < 4.78 is 0. The van der Waals surface area contributed by atoms with Gasteiger partial charge in [-0.3, -0.25) is 4.79 Å². The van der Waals surface area contributed by atoms with Gasteiger partial charge in [-0.1, -0.05) is 17.9 Å². The van der Waals surface area contributed by atoms with Gasteiger partial charge in [0.15, 0.2) is 0 Å². The molecule has 1 unspecified atom stereocenters. The van der Waals surface area contributed by atoms with Gasteiger partial charge in [-0.25, -0.2) is 0 Å². The molecule has 1 amide bonds. The normalized spacial score (nSPS) is 17.7. The maximum absolute atomic E-state index is 12.2. The molecular formula is C16H19NO2S2. The minimum Gasteiger partial charge on any atom is -0.384 e. The first-order valence-corrected chi connectivity index (χ1v) is 9.09. The number of carbonyl (C=O) groups is 1. The molecule has 0 aromatic heterocycles. The van der Waals surface area contributed by atoms with Gasteiger partial charge in [0.05, 0.1) is 0 Å². The van der Waals surface area contributed by atoms with Crippen molar-refractivity contribution in [3.63, 3.8) is 0 Å². The van der Waals surface area contributed by atoms with Gasteiger partial charge in [0.25, 0.3) is 5.91 Å². The van der Waals surface area contributed by atoms with Crippen LogP contribution in [0.5, 0.6) is 0 Å². The summed E-state index contributed by atoms with van der Waals surface area (Å²) in [5, 5.41) is 12.3. The molecule has 0 aliphatic carbocycles. The fourth-order valence-corrected chi connectivity index (χ4v) is 4.61. The average Bonchev–Trinajstić information content (AvgIpc) is 2.53. The van der Waals surface area contributed by atoms with Crippen LogP contribution in [0.25, 0.3) is 0 Å². The zero-order chi connectivity index (χ0) is 15.1. The quantitative estimate of drug-likeness (QED) is 0.835. The Kier molecular flexibility index (Phi) is 6.50. The molecule has 2 rings (SSSR count). The number of hydrogen-bond acceptors (Lipinski definition) is 4. The molecule has 0 radical (unpaired) electrons. The van der Waals surface area contributed by atoms with Crippen LogP contribution in [0.3, 0.4) is 0 Å². The topological polar surface area (TPSA) is 49.3 Å². The van der Waals surface area contributed by atoms with E-state index in [1.807, 2.05) is 42.6 Å². The van der Waals surface area contributed by atoms with Crippen LogP contribution in [0.15, 0.2) is 18.2 Å². The van der Waals surface area contributed by atoms with Crippen molar-refractivity contribution in [3.05, 3.63) is 34.9 Å². The second-order valence-electron chi connectivity index (χ2n) is 4.77. The summed E-state index contributed by atoms with van der Waals surface area (Å²) in [5.74, 6) is 8.92. The first kappa shape index (κ1) is 16.3. The summed E-state index contributed by atoms with van der Waals surface area (Å²) >= 11 is 3.88. The van der Waals surface area contributed by atoms with Crippen LogP contribution in [0.1, 0.15) is 21.5 Å². The molecule has 5 heteroatoms. The Bertz CT molecular complexity index is 557. The van der Waals surface area contributed by atoms with E-state index in [4.69, 9.17) is 5.11 Å². The lowest BCUT2D eigenvalue weighted by molar-refractivity contribution is 0.0954. The van der Waals surface area contributed by atoms with E-state index in [2.05, 4.69) is 17.2 Å². The van der Waals surface area contributed by atoms with Crippen LogP contribution >= 0.6 is 23.5 Å². The highest BCUT2D eigenvalue weighted by molar-refractivity contribution is 8.06. The van der Waals surface area contributed by atoms with E-state index in [1.54, 1.807) is 6.07 Å². The standard InChI is InChI=1S/C16H19NO2S2/c1-12-4-5-14(9-13(12)3-2-6-18)16(19)17-10-15-11-20-7-8-21-15/h4-5,9,15,18H,6-8,10-11H2,1H3,(H,17,19). The molecule has 1 atom stereocenters. The van der Waals surface area contributed by atoms with E-state index in [1.165, 1.54) is 5.75 Å². The molecule has 1 aliphatic rings. The molecule has 1 heterocycles. The molecule has 1 fully saturated rings.